The zero-order valence-electron chi connectivity index (χ0n) is 15.4. The van der Waals surface area contributed by atoms with Crippen LogP contribution in [0.2, 0.25) is 0 Å². The average molecular weight is 354 g/mol. The quantitative estimate of drug-likeness (QED) is 0.765. The number of methoxy groups -OCH3 is 4. The molecule has 2 aromatic rings. The van der Waals surface area contributed by atoms with Crippen molar-refractivity contribution in [2.75, 3.05) is 28.4 Å². The molecule has 0 unspecified atom stereocenters. The Balaban J connectivity index is 2.15. The van der Waals surface area contributed by atoms with Gasteiger partial charge in [-0.3, -0.25) is 4.79 Å². The van der Waals surface area contributed by atoms with Gasteiger partial charge in [0.05, 0.1) is 28.4 Å². The molecule has 0 heterocycles. The van der Waals surface area contributed by atoms with Crippen LogP contribution in [0.1, 0.15) is 23.1 Å². The number of carbonyl (C=O) groups excluding carboxylic acids is 1. The minimum absolute atomic E-state index is 0.111. The van der Waals surface area contributed by atoms with Crippen LogP contribution < -0.4 is 18.9 Å². The van der Waals surface area contributed by atoms with Crippen LogP contribution in [0.5, 0.6) is 23.0 Å². The zero-order chi connectivity index (χ0) is 18.7. The fourth-order valence-corrected chi connectivity index (χ4v) is 3.30. The number of ketones is 1. The molecule has 0 aliphatic heterocycles. The Morgan fingerprint density at radius 2 is 1.50 bits per heavy atom. The summed E-state index contributed by atoms with van der Waals surface area (Å²) in [5.41, 5.74) is 3.44. The highest BCUT2D eigenvalue weighted by atomic mass is 16.5. The van der Waals surface area contributed by atoms with Crippen molar-refractivity contribution in [2.45, 2.75) is 12.8 Å². The number of allylic oxidation sites excluding steroid dienone is 1. The Hall–Kier alpha value is -2.95. The molecule has 3 rings (SSSR count). The van der Waals surface area contributed by atoms with Gasteiger partial charge in [0, 0.05) is 17.6 Å². The van der Waals surface area contributed by atoms with Gasteiger partial charge in [0.25, 0.3) is 0 Å². The maximum atomic E-state index is 12.6. The Kier molecular flexibility index (Phi) is 5.16. The minimum atomic E-state index is 0.111. The number of benzene rings is 2. The molecule has 0 fully saturated rings. The topological polar surface area (TPSA) is 54.0 Å². The van der Waals surface area contributed by atoms with Gasteiger partial charge in [0.1, 0.15) is 5.75 Å². The number of Topliss-reactive ketones (excluding diaryl/α,β-unsaturated/α-hetero) is 1. The second-order valence-electron chi connectivity index (χ2n) is 5.93. The molecule has 1 aliphatic carbocycles. The summed E-state index contributed by atoms with van der Waals surface area (Å²) in [6.45, 7) is 0. The molecule has 0 saturated heterocycles. The molecule has 0 N–H and O–H groups in total. The van der Waals surface area contributed by atoms with E-state index >= 15 is 0 Å². The second kappa shape index (κ2) is 7.52. The van der Waals surface area contributed by atoms with E-state index < -0.39 is 0 Å². The first-order chi connectivity index (χ1) is 12.6. The minimum Gasteiger partial charge on any atom is -0.496 e. The van der Waals surface area contributed by atoms with Gasteiger partial charge in [0.2, 0.25) is 5.75 Å². The van der Waals surface area contributed by atoms with E-state index in [1.165, 1.54) is 0 Å². The third-order valence-corrected chi connectivity index (χ3v) is 4.54. The summed E-state index contributed by atoms with van der Waals surface area (Å²) in [5.74, 6) is 2.54. The maximum Gasteiger partial charge on any atom is 0.203 e. The zero-order valence-corrected chi connectivity index (χ0v) is 15.4. The van der Waals surface area contributed by atoms with E-state index in [-0.39, 0.29) is 5.78 Å². The molecule has 1 aliphatic rings. The van der Waals surface area contributed by atoms with Crippen molar-refractivity contribution in [1.29, 1.82) is 0 Å². The molecular weight excluding hydrogens is 332 g/mol. The smallest absolute Gasteiger partial charge is 0.203 e. The molecule has 26 heavy (non-hydrogen) atoms. The molecule has 5 heteroatoms. The van der Waals surface area contributed by atoms with Crippen LogP contribution in [0.4, 0.5) is 0 Å². The lowest BCUT2D eigenvalue weighted by atomic mass is 9.85. The molecule has 0 aromatic heterocycles. The van der Waals surface area contributed by atoms with Crippen molar-refractivity contribution in [3.8, 4) is 23.0 Å². The first kappa shape index (κ1) is 17.9. The maximum absolute atomic E-state index is 12.6. The highest BCUT2D eigenvalue weighted by Crippen LogP contribution is 2.40. The predicted octanol–water partition coefficient (Wildman–Crippen LogP) is 3.78. The lowest BCUT2D eigenvalue weighted by Gasteiger charge is -2.21. The van der Waals surface area contributed by atoms with Gasteiger partial charge in [-0.15, -0.1) is 0 Å². The van der Waals surface area contributed by atoms with E-state index in [0.717, 1.165) is 22.4 Å². The van der Waals surface area contributed by atoms with E-state index in [0.29, 0.717) is 35.7 Å². The van der Waals surface area contributed by atoms with Gasteiger partial charge in [-0.05, 0) is 41.8 Å². The summed E-state index contributed by atoms with van der Waals surface area (Å²) in [7, 11) is 6.35. The number of ether oxygens (including phenoxy) is 4. The van der Waals surface area contributed by atoms with E-state index in [1.54, 1.807) is 28.4 Å². The Bertz CT molecular complexity index is 842. The largest absolute Gasteiger partial charge is 0.496 e. The van der Waals surface area contributed by atoms with Gasteiger partial charge in [-0.1, -0.05) is 12.1 Å². The summed E-state index contributed by atoms with van der Waals surface area (Å²) >= 11 is 0. The molecular formula is C21H22O5. The summed E-state index contributed by atoms with van der Waals surface area (Å²) in [5, 5.41) is 0. The monoisotopic (exact) mass is 354 g/mol. The van der Waals surface area contributed by atoms with Crippen LogP contribution in [0, 0.1) is 0 Å². The summed E-state index contributed by atoms with van der Waals surface area (Å²) in [6, 6.07) is 9.44. The Morgan fingerprint density at radius 3 is 2.08 bits per heavy atom. The number of rotatable bonds is 5. The van der Waals surface area contributed by atoms with Gasteiger partial charge < -0.3 is 18.9 Å². The second-order valence-corrected chi connectivity index (χ2v) is 5.93. The van der Waals surface area contributed by atoms with Crippen LogP contribution in [0.3, 0.4) is 0 Å². The molecule has 0 amide bonds. The molecule has 5 nitrogen and oxygen atoms in total. The van der Waals surface area contributed by atoms with E-state index in [9.17, 15) is 4.79 Å². The molecule has 0 spiro atoms. The van der Waals surface area contributed by atoms with Crippen LogP contribution in [-0.2, 0) is 11.2 Å². The number of fused-ring (bicyclic) bond motifs is 1. The third kappa shape index (κ3) is 3.12. The van der Waals surface area contributed by atoms with E-state index in [2.05, 4.69) is 0 Å². The first-order valence-corrected chi connectivity index (χ1v) is 8.34. The Morgan fingerprint density at radius 1 is 0.846 bits per heavy atom. The molecule has 0 radical (unpaired) electrons. The highest BCUT2D eigenvalue weighted by Gasteiger charge is 2.24. The van der Waals surface area contributed by atoms with Crippen molar-refractivity contribution in [3.05, 3.63) is 47.0 Å². The van der Waals surface area contributed by atoms with Crippen LogP contribution in [-0.4, -0.2) is 34.2 Å². The summed E-state index contributed by atoms with van der Waals surface area (Å²) in [6.07, 6.45) is 3.01. The number of hydrogen-bond acceptors (Lipinski definition) is 5. The van der Waals surface area contributed by atoms with Gasteiger partial charge in [0.15, 0.2) is 17.3 Å². The first-order valence-electron chi connectivity index (χ1n) is 8.34. The lowest BCUT2D eigenvalue weighted by molar-refractivity contribution is -0.113. The number of carbonyl (C=O) groups is 1. The van der Waals surface area contributed by atoms with Crippen LogP contribution >= 0.6 is 0 Å². The van der Waals surface area contributed by atoms with Gasteiger partial charge in [-0.25, -0.2) is 0 Å². The highest BCUT2D eigenvalue weighted by molar-refractivity contribution is 6.26. The van der Waals surface area contributed by atoms with Gasteiger partial charge >= 0.3 is 0 Å². The Labute approximate surface area is 153 Å². The fraction of sp³-hybridized carbons (Fsp3) is 0.286. The predicted molar refractivity (Wildman–Crippen MR) is 100 cm³/mol. The van der Waals surface area contributed by atoms with Crippen molar-refractivity contribution >= 4 is 17.4 Å². The number of hydrogen-bond donors (Lipinski definition) is 0. The molecule has 0 atom stereocenters. The fourth-order valence-electron chi connectivity index (χ4n) is 3.30. The standard InChI is InChI=1S/C21H22O5/c1-23-18-7-5-6-14-15(18)8-9-17(22)16(14)10-13-11-19(24-2)21(26-4)20(12-13)25-3/h5-7,10-12H,8-9H2,1-4H3/b16-10+. The van der Waals surface area contributed by atoms with Crippen molar-refractivity contribution in [3.63, 3.8) is 0 Å². The van der Waals surface area contributed by atoms with E-state index in [4.69, 9.17) is 18.9 Å². The normalized spacial score (nSPS) is 14.8. The molecule has 136 valence electrons. The SMILES string of the molecule is COc1cccc2c1CCC(=O)/C2=C/c1cc(OC)c(OC)c(OC)c1. The lowest BCUT2D eigenvalue weighted by Crippen LogP contribution is -2.13. The summed E-state index contributed by atoms with van der Waals surface area (Å²) < 4.78 is 21.6. The molecule has 0 bridgehead atoms. The average Bonchev–Trinajstić information content (AvgIpc) is 2.68. The van der Waals surface area contributed by atoms with Crippen molar-refractivity contribution in [2.24, 2.45) is 0 Å². The van der Waals surface area contributed by atoms with Gasteiger partial charge in [-0.2, -0.15) is 0 Å². The molecule has 2 aromatic carbocycles. The third-order valence-electron chi connectivity index (χ3n) is 4.54. The van der Waals surface area contributed by atoms with Crippen molar-refractivity contribution in [1.82, 2.24) is 0 Å². The van der Waals surface area contributed by atoms with Crippen LogP contribution in [0.15, 0.2) is 30.3 Å². The summed E-state index contributed by atoms with van der Waals surface area (Å²) in [4.78, 5) is 12.6. The van der Waals surface area contributed by atoms with E-state index in [1.807, 2.05) is 36.4 Å². The molecule has 0 saturated carbocycles. The van der Waals surface area contributed by atoms with Crippen LogP contribution in [0.25, 0.3) is 11.6 Å². The van der Waals surface area contributed by atoms with Crippen molar-refractivity contribution < 1.29 is 23.7 Å².